The molecule has 2 aromatic rings. The summed E-state index contributed by atoms with van der Waals surface area (Å²) in [4.78, 5) is 37.5. The molecule has 3 heterocycles. The van der Waals surface area contributed by atoms with E-state index in [1.807, 2.05) is 0 Å². The second-order valence-electron chi connectivity index (χ2n) is 6.47. The summed E-state index contributed by atoms with van der Waals surface area (Å²) in [6.07, 6.45) is 1.37. The number of benzene rings is 1. The highest BCUT2D eigenvalue weighted by Crippen LogP contribution is 2.33. The minimum Gasteiger partial charge on any atom is -0.467 e. The van der Waals surface area contributed by atoms with Crippen molar-refractivity contribution in [3.05, 3.63) is 65.3 Å². The van der Waals surface area contributed by atoms with Crippen molar-refractivity contribution in [2.45, 2.75) is 17.9 Å². The summed E-state index contributed by atoms with van der Waals surface area (Å²) in [5, 5.41) is 5.00. The van der Waals surface area contributed by atoms with Gasteiger partial charge in [-0.05, 0) is 31.2 Å². The van der Waals surface area contributed by atoms with Crippen LogP contribution in [0.3, 0.4) is 0 Å². The zero-order valence-electron chi connectivity index (χ0n) is 15.7. The summed E-state index contributed by atoms with van der Waals surface area (Å²) >= 11 is 0. The van der Waals surface area contributed by atoms with Crippen LogP contribution in [-0.4, -0.2) is 43.8 Å². The van der Waals surface area contributed by atoms with Crippen molar-refractivity contribution < 1.29 is 32.0 Å². The number of carbonyl (C=O) groups is 3. The molecular weight excluding hydrogens is 414 g/mol. The van der Waals surface area contributed by atoms with Gasteiger partial charge in [-0.3, -0.25) is 4.79 Å². The van der Waals surface area contributed by atoms with Gasteiger partial charge >= 0.3 is 12.0 Å². The molecule has 1 aromatic carbocycles. The Bertz CT molecular complexity index is 1170. The number of hydrogen-bond acceptors (Lipinski definition) is 7. The average Bonchev–Trinajstić information content (AvgIpc) is 3.31. The van der Waals surface area contributed by atoms with Crippen molar-refractivity contribution in [2.75, 3.05) is 13.2 Å². The van der Waals surface area contributed by atoms with E-state index in [1.165, 1.54) is 24.5 Å². The van der Waals surface area contributed by atoms with E-state index in [-0.39, 0.29) is 34.1 Å². The van der Waals surface area contributed by atoms with Crippen LogP contribution in [0.25, 0.3) is 0 Å². The first-order valence-corrected chi connectivity index (χ1v) is 10.5. The van der Waals surface area contributed by atoms with Crippen molar-refractivity contribution >= 4 is 27.9 Å². The van der Waals surface area contributed by atoms with Crippen LogP contribution in [0.5, 0.6) is 0 Å². The number of rotatable bonds is 5. The number of urea groups is 1. The van der Waals surface area contributed by atoms with Crippen LogP contribution in [0.1, 0.15) is 29.1 Å². The molecule has 0 radical (unpaired) electrons. The molecule has 156 valence electrons. The molecule has 4 rings (SSSR count). The van der Waals surface area contributed by atoms with Crippen molar-refractivity contribution in [1.29, 1.82) is 0 Å². The smallest absolute Gasteiger partial charge is 0.338 e. The lowest BCUT2D eigenvalue weighted by Crippen LogP contribution is -2.49. The highest BCUT2D eigenvalue weighted by Gasteiger charge is 2.43. The van der Waals surface area contributed by atoms with Crippen LogP contribution in [0.4, 0.5) is 4.79 Å². The minimum absolute atomic E-state index is 0.0265. The largest absolute Gasteiger partial charge is 0.467 e. The maximum Gasteiger partial charge on any atom is 0.338 e. The topological polar surface area (TPSA) is 135 Å². The molecule has 0 fully saturated rings. The monoisotopic (exact) mass is 431 g/mol. The van der Waals surface area contributed by atoms with Crippen LogP contribution in [0.2, 0.25) is 0 Å². The molecule has 1 atom stereocenters. The van der Waals surface area contributed by atoms with Crippen LogP contribution in [0.15, 0.2) is 63.2 Å². The van der Waals surface area contributed by atoms with Crippen molar-refractivity contribution in [3.8, 4) is 0 Å². The molecule has 2 aliphatic rings. The SMILES string of the molecule is CCOC(=O)C1=C(CN2C(=O)c3ccccc3S2(=O)=O)NC(=O)NC1c1ccco1. The van der Waals surface area contributed by atoms with Gasteiger partial charge in [0.1, 0.15) is 16.7 Å². The van der Waals surface area contributed by atoms with E-state index in [2.05, 4.69) is 10.6 Å². The third kappa shape index (κ3) is 3.12. The van der Waals surface area contributed by atoms with Gasteiger partial charge in [-0.15, -0.1) is 0 Å². The standard InChI is InChI=1S/C19H17N3O7S/c1-2-28-18(24)15-12(20-19(25)21-16(15)13-7-5-9-29-13)10-22-17(23)11-6-3-4-8-14(11)30(22,26)27/h3-9,16H,2,10H2,1H3,(H2,20,21,25). The zero-order valence-corrected chi connectivity index (χ0v) is 16.6. The fourth-order valence-corrected chi connectivity index (χ4v) is 4.93. The van der Waals surface area contributed by atoms with E-state index in [1.54, 1.807) is 25.1 Å². The molecule has 3 amide bonds. The Balaban J connectivity index is 1.80. The number of ether oxygens (including phenoxy) is 1. The molecule has 0 saturated heterocycles. The number of furan rings is 1. The van der Waals surface area contributed by atoms with Crippen molar-refractivity contribution in [2.24, 2.45) is 0 Å². The normalized spacial score (nSPS) is 19.9. The number of fused-ring (bicyclic) bond motifs is 1. The Hall–Kier alpha value is -3.60. The minimum atomic E-state index is -4.14. The molecule has 1 aromatic heterocycles. The lowest BCUT2D eigenvalue weighted by atomic mass is 10.00. The number of nitrogens with zero attached hydrogens (tertiary/aromatic N) is 1. The molecule has 0 bridgehead atoms. The zero-order chi connectivity index (χ0) is 21.5. The highest BCUT2D eigenvalue weighted by atomic mass is 32.2. The Labute approximate surface area is 171 Å². The van der Waals surface area contributed by atoms with E-state index in [0.29, 0.717) is 4.31 Å². The van der Waals surface area contributed by atoms with Crippen LogP contribution in [0, 0.1) is 0 Å². The number of carbonyl (C=O) groups excluding carboxylic acids is 3. The Morgan fingerprint density at radius 2 is 1.97 bits per heavy atom. The Kier molecular flexibility index (Phi) is 4.82. The summed E-state index contributed by atoms with van der Waals surface area (Å²) in [6, 6.07) is 7.25. The molecule has 30 heavy (non-hydrogen) atoms. The number of amides is 3. The third-order valence-corrected chi connectivity index (χ3v) is 6.48. The molecule has 11 heteroatoms. The van der Waals surface area contributed by atoms with Gasteiger partial charge in [-0.25, -0.2) is 22.3 Å². The number of hydrogen-bond donors (Lipinski definition) is 2. The van der Waals surface area contributed by atoms with Gasteiger partial charge in [-0.2, -0.15) is 0 Å². The first-order chi connectivity index (χ1) is 14.3. The maximum atomic E-state index is 12.9. The third-order valence-electron chi connectivity index (χ3n) is 4.69. The molecule has 0 saturated carbocycles. The lowest BCUT2D eigenvalue weighted by Gasteiger charge is -2.29. The van der Waals surface area contributed by atoms with Gasteiger partial charge in [-0.1, -0.05) is 12.1 Å². The summed E-state index contributed by atoms with van der Waals surface area (Å²) in [5.41, 5.74) is -0.0904. The molecule has 2 N–H and O–H groups in total. The molecule has 0 spiro atoms. The van der Waals surface area contributed by atoms with Crippen molar-refractivity contribution in [1.82, 2.24) is 14.9 Å². The van der Waals surface area contributed by atoms with Crippen LogP contribution < -0.4 is 10.6 Å². The molecule has 1 unspecified atom stereocenters. The first-order valence-electron chi connectivity index (χ1n) is 9.01. The summed E-state index contributed by atoms with van der Waals surface area (Å²) < 4.78 is 36.8. The Morgan fingerprint density at radius 3 is 2.63 bits per heavy atom. The van der Waals surface area contributed by atoms with Gasteiger partial charge < -0.3 is 19.8 Å². The van der Waals surface area contributed by atoms with Gasteiger partial charge in [0.2, 0.25) is 0 Å². The van der Waals surface area contributed by atoms with E-state index in [4.69, 9.17) is 9.15 Å². The number of nitrogens with one attached hydrogen (secondary N) is 2. The van der Waals surface area contributed by atoms with E-state index < -0.39 is 40.5 Å². The molecule has 0 aliphatic carbocycles. The Morgan fingerprint density at radius 1 is 1.20 bits per heavy atom. The second-order valence-corrected chi connectivity index (χ2v) is 8.30. The first kappa shape index (κ1) is 19.7. The molecular formula is C19H17N3O7S. The van der Waals surface area contributed by atoms with E-state index in [9.17, 15) is 22.8 Å². The second kappa shape index (κ2) is 7.34. The number of sulfonamides is 1. The molecule has 2 aliphatic heterocycles. The highest BCUT2D eigenvalue weighted by molar-refractivity contribution is 7.90. The number of esters is 1. The fourth-order valence-electron chi connectivity index (χ4n) is 3.39. The predicted octanol–water partition coefficient (Wildman–Crippen LogP) is 1.30. The summed E-state index contributed by atoms with van der Waals surface area (Å²) in [5.74, 6) is -1.27. The van der Waals surface area contributed by atoms with Gasteiger partial charge in [0, 0.05) is 0 Å². The quantitative estimate of drug-likeness (QED) is 0.681. The van der Waals surface area contributed by atoms with E-state index in [0.717, 1.165) is 0 Å². The van der Waals surface area contributed by atoms with Crippen LogP contribution >= 0.6 is 0 Å². The average molecular weight is 431 g/mol. The van der Waals surface area contributed by atoms with Gasteiger partial charge in [0.15, 0.2) is 0 Å². The van der Waals surface area contributed by atoms with Gasteiger partial charge in [0.05, 0.1) is 36.2 Å². The summed E-state index contributed by atoms with van der Waals surface area (Å²) in [7, 11) is -4.14. The molecule has 10 nitrogen and oxygen atoms in total. The summed E-state index contributed by atoms with van der Waals surface area (Å²) in [6.45, 7) is 1.12. The van der Waals surface area contributed by atoms with Gasteiger partial charge in [0.25, 0.3) is 15.9 Å². The van der Waals surface area contributed by atoms with E-state index >= 15 is 0 Å². The fraction of sp³-hybridized carbons (Fsp3) is 0.211. The lowest BCUT2D eigenvalue weighted by molar-refractivity contribution is -0.139. The van der Waals surface area contributed by atoms with Crippen molar-refractivity contribution in [3.63, 3.8) is 0 Å². The van der Waals surface area contributed by atoms with Crippen LogP contribution in [-0.2, 0) is 19.6 Å². The maximum absolute atomic E-state index is 12.9. The predicted molar refractivity (Wildman–Crippen MR) is 101 cm³/mol.